The molecule has 0 amide bonds. The first-order chi connectivity index (χ1) is 12.3. The molecule has 0 aliphatic carbocycles. The predicted octanol–water partition coefficient (Wildman–Crippen LogP) is 6.26. The van der Waals surface area contributed by atoms with E-state index in [2.05, 4.69) is 76.7 Å². The first kappa shape index (κ1) is 14.4. The van der Waals surface area contributed by atoms with Gasteiger partial charge in [0.2, 0.25) is 5.28 Å². The van der Waals surface area contributed by atoms with Gasteiger partial charge in [0.1, 0.15) is 0 Å². The molecule has 0 unspecified atom stereocenters. The number of nitrogens with zero attached hydrogens (tertiary/aromatic N) is 2. The Hall–Kier alpha value is -2.97. The Morgan fingerprint density at radius 2 is 1.16 bits per heavy atom. The fraction of sp³-hybridized carbons (Fsp3) is 0. The Morgan fingerprint density at radius 3 is 1.76 bits per heavy atom. The summed E-state index contributed by atoms with van der Waals surface area (Å²) in [6.07, 6.45) is 1.69. The molecule has 0 radical (unpaired) electrons. The van der Waals surface area contributed by atoms with E-state index in [4.69, 9.17) is 11.6 Å². The van der Waals surface area contributed by atoms with E-state index in [-0.39, 0.29) is 5.28 Å². The van der Waals surface area contributed by atoms with Crippen LogP contribution in [0, 0.1) is 0 Å². The number of hydrogen-bond donors (Lipinski definition) is 0. The second-order valence-electron chi connectivity index (χ2n) is 6.06. The van der Waals surface area contributed by atoms with Gasteiger partial charge in [-0.3, -0.25) is 0 Å². The molecule has 0 fully saturated rings. The number of halogens is 1. The van der Waals surface area contributed by atoms with Crippen LogP contribution >= 0.6 is 11.6 Å². The summed E-state index contributed by atoms with van der Waals surface area (Å²) in [7, 11) is 0. The molecule has 0 aliphatic heterocycles. The highest BCUT2D eigenvalue weighted by atomic mass is 35.5. The topological polar surface area (TPSA) is 25.8 Å². The summed E-state index contributed by atoms with van der Waals surface area (Å²) < 4.78 is 0. The van der Waals surface area contributed by atoms with Crippen LogP contribution in [0.5, 0.6) is 0 Å². The summed E-state index contributed by atoms with van der Waals surface area (Å²) in [5.41, 5.74) is 1.87. The maximum Gasteiger partial charge on any atom is 0.222 e. The molecule has 2 nitrogen and oxygen atoms in total. The van der Waals surface area contributed by atoms with Crippen molar-refractivity contribution in [3.8, 4) is 11.3 Å². The standard InChI is InChI=1S/C22H13ClN2/c23-22-24-12-11-21(25-22)14-9-10-19-17-7-2-1-5-15(17)16-6-3-4-8-18(16)20(19)13-14/h1-13H. The van der Waals surface area contributed by atoms with Crippen LogP contribution in [0.2, 0.25) is 5.28 Å². The zero-order valence-corrected chi connectivity index (χ0v) is 14.0. The van der Waals surface area contributed by atoms with Gasteiger partial charge in [-0.05, 0) is 56.1 Å². The summed E-state index contributed by atoms with van der Waals surface area (Å²) >= 11 is 5.96. The lowest BCUT2D eigenvalue weighted by molar-refractivity contribution is 1.17. The summed E-state index contributed by atoms with van der Waals surface area (Å²) in [6, 6.07) is 25.5. The molecule has 4 aromatic carbocycles. The Kier molecular flexibility index (Phi) is 3.19. The molecule has 0 saturated carbocycles. The normalized spacial score (nSPS) is 11.4. The number of rotatable bonds is 1. The van der Waals surface area contributed by atoms with E-state index < -0.39 is 0 Å². The number of fused-ring (bicyclic) bond motifs is 6. The second-order valence-corrected chi connectivity index (χ2v) is 6.40. The van der Waals surface area contributed by atoms with Gasteiger partial charge in [0.15, 0.2) is 0 Å². The van der Waals surface area contributed by atoms with E-state index in [1.165, 1.54) is 32.3 Å². The van der Waals surface area contributed by atoms with Crippen LogP contribution in [0.25, 0.3) is 43.6 Å². The Balaban J connectivity index is 1.93. The molecule has 118 valence electrons. The maximum atomic E-state index is 5.96. The average molecular weight is 341 g/mol. The van der Waals surface area contributed by atoms with Crippen molar-refractivity contribution in [3.63, 3.8) is 0 Å². The molecule has 25 heavy (non-hydrogen) atoms. The molecule has 1 aromatic heterocycles. The summed E-state index contributed by atoms with van der Waals surface area (Å²) in [5.74, 6) is 0. The van der Waals surface area contributed by atoms with E-state index in [1.807, 2.05) is 6.07 Å². The van der Waals surface area contributed by atoms with Crippen molar-refractivity contribution in [3.05, 3.63) is 84.3 Å². The zero-order chi connectivity index (χ0) is 16.8. The lowest BCUT2D eigenvalue weighted by atomic mass is 9.93. The van der Waals surface area contributed by atoms with Gasteiger partial charge >= 0.3 is 0 Å². The van der Waals surface area contributed by atoms with E-state index in [9.17, 15) is 0 Å². The van der Waals surface area contributed by atoms with Crippen molar-refractivity contribution in [2.75, 3.05) is 0 Å². The van der Waals surface area contributed by atoms with E-state index in [0.29, 0.717) is 0 Å². The molecular formula is C22H13ClN2. The van der Waals surface area contributed by atoms with E-state index in [0.717, 1.165) is 11.3 Å². The third-order valence-corrected chi connectivity index (χ3v) is 4.85. The molecule has 3 heteroatoms. The van der Waals surface area contributed by atoms with Gasteiger partial charge in [-0.1, -0.05) is 60.7 Å². The van der Waals surface area contributed by atoms with E-state index in [1.54, 1.807) is 6.20 Å². The minimum absolute atomic E-state index is 0.265. The van der Waals surface area contributed by atoms with Gasteiger partial charge in [0, 0.05) is 11.8 Å². The van der Waals surface area contributed by atoms with Gasteiger partial charge in [-0.2, -0.15) is 0 Å². The Labute approximate surface area is 149 Å². The quantitative estimate of drug-likeness (QED) is 0.266. The highest BCUT2D eigenvalue weighted by molar-refractivity contribution is 6.28. The minimum atomic E-state index is 0.265. The fourth-order valence-electron chi connectivity index (χ4n) is 3.56. The molecule has 5 rings (SSSR count). The largest absolute Gasteiger partial charge is 0.226 e. The number of hydrogen-bond acceptors (Lipinski definition) is 2. The monoisotopic (exact) mass is 340 g/mol. The molecule has 1 heterocycles. The lowest BCUT2D eigenvalue weighted by Gasteiger charge is -2.11. The molecular weight excluding hydrogens is 328 g/mol. The number of benzene rings is 4. The second kappa shape index (κ2) is 5.54. The van der Waals surface area contributed by atoms with Crippen molar-refractivity contribution in [1.29, 1.82) is 0 Å². The third-order valence-electron chi connectivity index (χ3n) is 4.67. The van der Waals surface area contributed by atoms with Gasteiger partial charge in [-0.15, -0.1) is 0 Å². The molecule has 5 aromatic rings. The van der Waals surface area contributed by atoms with Gasteiger partial charge in [0.25, 0.3) is 0 Å². The SMILES string of the molecule is Clc1nccc(-c2ccc3c4ccccc4c4ccccc4c3c2)n1. The zero-order valence-electron chi connectivity index (χ0n) is 13.3. The van der Waals surface area contributed by atoms with Gasteiger partial charge < -0.3 is 0 Å². The fourth-order valence-corrected chi connectivity index (χ4v) is 3.71. The Morgan fingerprint density at radius 1 is 0.600 bits per heavy atom. The van der Waals surface area contributed by atoms with Crippen molar-refractivity contribution < 1.29 is 0 Å². The molecule has 0 bridgehead atoms. The van der Waals surface area contributed by atoms with Crippen LogP contribution in [0.4, 0.5) is 0 Å². The van der Waals surface area contributed by atoms with Gasteiger partial charge in [-0.25, -0.2) is 9.97 Å². The molecule has 0 saturated heterocycles. The summed E-state index contributed by atoms with van der Waals surface area (Å²) in [5, 5.41) is 7.80. The van der Waals surface area contributed by atoms with Crippen LogP contribution in [0.3, 0.4) is 0 Å². The van der Waals surface area contributed by atoms with Crippen molar-refractivity contribution in [2.45, 2.75) is 0 Å². The Bertz CT molecular complexity index is 1230. The first-order valence-corrected chi connectivity index (χ1v) is 8.51. The van der Waals surface area contributed by atoms with E-state index >= 15 is 0 Å². The highest BCUT2D eigenvalue weighted by Gasteiger charge is 2.10. The molecule has 0 aliphatic rings. The van der Waals surface area contributed by atoms with Crippen LogP contribution < -0.4 is 0 Å². The van der Waals surface area contributed by atoms with Crippen LogP contribution in [0.1, 0.15) is 0 Å². The van der Waals surface area contributed by atoms with Crippen molar-refractivity contribution in [2.24, 2.45) is 0 Å². The lowest BCUT2D eigenvalue weighted by Crippen LogP contribution is -1.88. The first-order valence-electron chi connectivity index (χ1n) is 8.13. The molecule has 0 N–H and O–H groups in total. The third kappa shape index (κ3) is 2.26. The molecule has 0 spiro atoms. The average Bonchev–Trinajstić information content (AvgIpc) is 2.68. The molecule has 0 atom stereocenters. The summed E-state index contributed by atoms with van der Waals surface area (Å²) in [6.45, 7) is 0. The van der Waals surface area contributed by atoms with Crippen LogP contribution in [-0.2, 0) is 0 Å². The highest BCUT2D eigenvalue weighted by Crippen LogP contribution is 2.36. The van der Waals surface area contributed by atoms with Gasteiger partial charge in [0.05, 0.1) is 5.69 Å². The van der Waals surface area contributed by atoms with Crippen LogP contribution in [-0.4, -0.2) is 9.97 Å². The summed E-state index contributed by atoms with van der Waals surface area (Å²) in [4.78, 5) is 8.32. The predicted molar refractivity (Wildman–Crippen MR) is 105 cm³/mol. The minimum Gasteiger partial charge on any atom is -0.226 e. The van der Waals surface area contributed by atoms with Crippen LogP contribution in [0.15, 0.2) is 79.0 Å². The van der Waals surface area contributed by atoms with Crippen molar-refractivity contribution >= 4 is 43.9 Å². The number of aromatic nitrogens is 2. The van der Waals surface area contributed by atoms with Crippen molar-refractivity contribution in [1.82, 2.24) is 9.97 Å². The maximum absolute atomic E-state index is 5.96. The smallest absolute Gasteiger partial charge is 0.222 e.